The SMILES string of the molecule is Cl.Cl.NC1(C(=O)N2CCC(N3CCCCC3)CC2)CCC1. The Morgan fingerprint density at radius 3 is 1.95 bits per heavy atom. The van der Waals surface area contributed by atoms with Gasteiger partial charge in [-0.05, 0) is 58.0 Å². The van der Waals surface area contributed by atoms with E-state index in [1.807, 2.05) is 4.90 Å². The van der Waals surface area contributed by atoms with Crippen molar-refractivity contribution in [1.82, 2.24) is 9.80 Å². The molecule has 3 aliphatic rings. The number of likely N-dealkylation sites (tertiary alicyclic amines) is 2. The van der Waals surface area contributed by atoms with Gasteiger partial charge in [-0.2, -0.15) is 0 Å². The second-order valence-corrected chi connectivity index (χ2v) is 6.63. The van der Waals surface area contributed by atoms with Crippen LogP contribution in [0.1, 0.15) is 51.4 Å². The van der Waals surface area contributed by atoms with E-state index >= 15 is 0 Å². The van der Waals surface area contributed by atoms with Crippen LogP contribution in [0.2, 0.25) is 0 Å². The van der Waals surface area contributed by atoms with E-state index in [0.29, 0.717) is 6.04 Å². The summed E-state index contributed by atoms with van der Waals surface area (Å²) in [6.07, 6.45) is 9.27. The van der Waals surface area contributed by atoms with Crippen LogP contribution < -0.4 is 5.73 Å². The lowest BCUT2D eigenvalue weighted by Crippen LogP contribution is -2.61. The zero-order valence-electron chi connectivity index (χ0n) is 12.8. The van der Waals surface area contributed by atoms with Gasteiger partial charge in [0.15, 0.2) is 0 Å². The van der Waals surface area contributed by atoms with Crippen molar-refractivity contribution in [1.29, 1.82) is 0 Å². The molecular formula is C15H29Cl2N3O. The van der Waals surface area contributed by atoms with Crippen molar-refractivity contribution >= 4 is 30.7 Å². The molecule has 0 spiro atoms. The molecule has 2 heterocycles. The summed E-state index contributed by atoms with van der Waals surface area (Å²) in [6, 6.07) is 0.708. The molecule has 2 saturated heterocycles. The van der Waals surface area contributed by atoms with Gasteiger partial charge >= 0.3 is 0 Å². The molecule has 0 aromatic carbocycles. The minimum absolute atomic E-state index is 0. The normalized spacial score (nSPS) is 26.2. The van der Waals surface area contributed by atoms with Gasteiger partial charge in [0.05, 0.1) is 5.54 Å². The van der Waals surface area contributed by atoms with Gasteiger partial charge < -0.3 is 15.5 Å². The van der Waals surface area contributed by atoms with Crippen molar-refractivity contribution in [2.75, 3.05) is 26.2 Å². The van der Waals surface area contributed by atoms with Gasteiger partial charge in [0.2, 0.25) is 5.91 Å². The molecule has 0 radical (unpaired) electrons. The minimum Gasteiger partial charge on any atom is -0.341 e. The van der Waals surface area contributed by atoms with Gasteiger partial charge in [-0.3, -0.25) is 4.79 Å². The van der Waals surface area contributed by atoms with E-state index in [2.05, 4.69) is 4.90 Å². The first kappa shape index (κ1) is 19.0. The van der Waals surface area contributed by atoms with E-state index in [1.54, 1.807) is 0 Å². The second kappa shape index (κ2) is 8.00. The van der Waals surface area contributed by atoms with Crippen LogP contribution in [0.25, 0.3) is 0 Å². The molecule has 4 nitrogen and oxygen atoms in total. The number of piperidine rings is 2. The van der Waals surface area contributed by atoms with Gasteiger partial charge in [0, 0.05) is 19.1 Å². The Labute approximate surface area is 140 Å². The smallest absolute Gasteiger partial charge is 0.242 e. The van der Waals surface area contributed by atoms with Gasteiger partial charge in [-0.15, -0.1) is 24.8 Å². The minimum atomic E-state index is -0.502. The first-order valence-electron chi connectivity index (χ1n) is 8.01. The molecule has 3 fully saturated rings. The highest BCUT2D eigenvalue weighted by atomic mass is 35.5. The van der Waals surface area contributed by atoms with E-state index in [4.69, 9.17) is 5.73 Å². The number of halogens is 2. The Morgan fingerprint density at radius 1 is 0.905 bits per heavy atom. The number of hydrogen-bond donors (Lipinski definition) is 1. The monoisotopic (exact) mass is 337 g/mol. The van der Waals surface area contributed by atoms with Crippen LogP contribution in [0.4, 0.5) is 0 Å². The lowest BCUT2D eigenvalue weighted by atomic mass is 9.76. The number of rotatable bonds is 2. The molecule has 124 valence electrons. The quantitative estimate of drug-likeness (QED) is 0.840. The predicted octanol–water partition coefficient (Wildman–Crippen LogP) is 2.19. The van der Waals surface area contributed by atoms with Crippen molar-refractivity contribution in [3.63, 3.8) is 0 Å². The van der Waals surface area contributed by atoms with Gasteiger partial charge in [-0.25, -0.2) is 0 Å². The van der Waals surface area contributed by atoms with Crippen molar-refractivity contribution in [3.8, 4) is 0 Å². The van der Waals surface area contributed by atoms with Crippen molar-refractivity contribution in [2.45, 2.75) is 62.9 Å². The number of carbonyl (C=O) groups is 1. The lowest BCUT2D eigenvalue weighted by molar-refractivity contribution is -0.141. The molecule has 0 bridgehead atoms. The zero-order chi connectivity index (χ0) is 13.3. The second-order valence-electron chi connectivity index (χ2n) is 6.63. The molecule has 0 unspecified atom stereocenters. The van der Waals surface area contributed by atoms with Crippen LogP contribution in [0.15, 0.2) is 0 Å². The molecule has 6 heteroatoms. The fourth-order valence-corrected chi connectivity index (χ4v) is 3.80. The molecular weight excluding hydrogens is 309 g/mol. The molecule has 1 aliphatic carbocycles. The Kier molecular flexibility index (Phi) is 7.25. The fraction of sp³-hybridized carbons (Fsp3) is 0.933. The zero-order valence-corrected chi connectivity index (χ0v) is 14.4. The predicted molar refractivity (Wildman–Crippen MR) is 90.3 cm³/mol. The molecule has 3 rings (SSSR count). The average molecular weight is 338 g/mol. The van der Waals surface area contributed by atoms with E-state index in [1.165, 1.54) is 32.4 Å². The summed E-state index contributed by atoms with van der Waals surface area (Å²) in [6.45, 7) is 4.36. The summed E-state index contributed by atoms with van der Waals surface area (Å²) < 4.78 is 0. The summed E-state index contributed by atoms with van der Waals surface area (Å²) in [5.41, 5.74) is 5.65. The fourth-order valence-electron chi connectivity index (χ4n) is 3.80. The van der Waals surface area contributed by atoms with Gasteiger partial charge in [0.25, 0.3) is 0 Å². The summed E-state index contributed by atoms with van der Waals surface area (Å²) in [4.78, 5) is 17.0. The molecule has 0 atom stereocenters. The van der Waals surface area contributed by atoms with Crippen molar-refractivity contribution in [3.05, 3.63) is 0 Å². The lowest BCUT2D eigenvalue weighted by Gasteiger charge is -2.44. The topological polar surface area (TPSA) is 49.6 Å². The Morgan fingerprint density at radius 2 is 1.48 bits per heavy atom. The number of carbonyl (C=O) groups excluding carboxylic acids is 1. The highest BCUT2D eigenvalue weighted by Crippen LogP contribution is 2.32. The molecule has 21 heavy (non-hydrogen) atoms. The van der Waals surface area contributed by atoms with Crippen LogP contribution in [-0.2, 0) is 4.79 Å². The van der Waals surface area contributed by atoms with Crippen molar-refractivity contribution in [2.24, 2.45) is 5.73 Å². The Hall–Kier alpha value is -0.0300. The van der Waals surface area contributed by atoms with E-state index in [0.717, 1.165) is 45.2 Å². The summed E-state index contributed by atoms with van der Waals surface area (Å²) in [5.74, 6) is 0.218. The first-order valence-corrected chi connectivity index (χ1v) is 8.01. The van der Waals surface area contributed by atoms with E-state index < -0.39 is 5.54 Å². The summed E-state index contributed by atoms with van der Waals surface area (Å²) in [7, 11) is 0. The highest BCUT2D eigenvalue weighted by molar-refractivity contribution is 5.87. The maximum atomic E-state index is 12.4. The third kappa shape index (κ3) is 4.04. The summed E-state index contributed by atoms with van der Waals surface area (Å²) >= 11 is 0. The van der Waals surface area contributed by atoms with Gasteiger partial charge in [0.1, 0.15) is 0 Å². The van der Waals surface area contributed by atoms with Crippen LogP contribution in [0.3, 0.4) is 0 Å². The van der Waals surface area contributed by atoms with Crippen LogP contribution in [-0.4, -0.2) is 53.5 Å². The van der Waals surface area contributed by atoms with E-state index in [-0.39, 0.29) is 30.7 Å². The molecule has 0 aromatic rings. The third-order valence-corrected chi connectivity index (χ3v) is 5.33. The maximum absolute atomic E-state index is 12.4. The Balaban J connectivity index is 0.00000110. The number of hydrogen-bond acceptors (Lipinski definition) is 3. The highest BCUT2D eigenvalue weighted by Gasteiger charge is 2.43. The van der Waals surface area contributed by atoms with Crippen LogP contribution in [0.5, 0.6) is 0 Å². The number of nitrogens with two attached hydrogens (primary N) is 1. The maximum Gasteiger partial charge on any atom is 0.242 e. The molecule has 1 amide bonds. The Bertz CT molecular complexity index is 336. The van der Waals surface area contributed by atoms with Gasteiger partial charge in [-0.1, -0.05) is 6.42 Å². The first-order chi connectivity index (χ1) is 9.19. The number of nitrogens with zero attached hydrogens (tertiary/aromatic N) is 2. The van der Waals surface area contributed by atoms with Crippen molar-refractivity contribution < 1.29 is 4.79 Å². The molecule has 2 aliphatic heterocycles. The average Bonchev–Trinajstić information content (AvgIpc) is 2.45. The van der Waals surface area contributed by atoms with E-state index in [9.17, 15) is 4.79 Å². The van der Waals surface area contributed by atoms with Crippen LogP contribution >= 0.6 is 24.8 Å². The third-order valence-electron chi connectivity index (χ3n) is 5.33. The summed E-state index contributed by atoms with van der Waals surface area (Å²) in [5, 5.41) is 0. The molecule has 0 aromatic heterocycles. The van der Waals surface area contributed by atoms with Crippen LogP contribution in [0, 0.1) is 0 Å². The standard InChI is InChI=1S/C15H27N3O.2ClH/c16-15(7-4-8-15)14(19)18-11-5-13(6-12-18)17-9-2-1-3-10-17;;/h13H,1-12,16H2;2*1H. The largest absolute Gasteiger partial charge is 0.341 e. The number of amides is 1. The molecule has 2 N–H and O–H groups in total. The molecule has 1 saturated carbocycles.